The van der Waals surface area contributed by atoms with Crippen LogP contribution in [0.1, 0.15) is 39.5 Å². The topological polar surface area (TPSA) is 0 Å². The van der Waals surface area contributed by atoms with Crippen molar-refractivity contribution in [1.29, 1.82) is 0 Å². The molecule has 0 heteroatoms. The van der Waals surface area contributed by atoms with Gasteiger partial charge in [0.2, 0.25) is 0 Å². The van der Waals surface area contributed by atoms with Gasteiger partial charge in [0, 0.05) is 0 Å². The van der Waals surface area contributed by atoms with E-state index in [0.717, 1.165) is 0 Å². The molecule has 0 saturated heterocycles. The molecule has 0 aliphatic carbocycles. The van der Waals surface area contributed by atoms with Crippen LogP contribution >= 0.6 is 0 Å². The molecule has 0 aliphatic rings. The van der Waals surface area contributed by atoms with Gasteiger partial charge in [-0.05, 0) is 19.3 Å². The van der Waals surface area contributed by atoms with Crippen LogP contribution in [0.2, 0.25) is 0 Å². The Balaban J connectivity index is 3.06. The minimum absolute atomic E-state index is 1.17. The zero-order valence-corrected chi connectivity index (χ0v) is 6.61. The average molecular weight is 125 g/mol. The zero-order chi connectivity index (χ0) is 7.11. The summed E-state index contributed by atoms with van der Waals surface area (Å²) < 4.78 is 0. The standard InChI is InChI=1S/C9H17/c1-4-6-8-9(3)7-5-2/h8H,3-7H2,1-2H3. The third-order valence-corrected chi connectivity index (χ3v) is 1.29. The number of rotatable bonds is 5. The van der Waals surface area contributed by atoms with Crippen molar-refractivity contribution in [2.24, 2.45) is 0 Å². The predicted octanol–water partition coefficient (Wildman–Crippen LogP) is 3.35. The van der Waals surface area contributed by atoms with E-state index in [1.807, 2.05) is 0 Å². The molecule has 0 fully saturated rings. The van der Waals surface area contributed by atoms with E-state index in [-0.39, 0.29) is 0 Å². The molecule has 0 unspecified atom stereocenters. The fourth-order valence-corrected chi connectivity index (χ4v) is 0.772. The first-order valence-electron chi connectivity index (χ1n) is 3.82. The number of allylic oxidation sites excluding steroid dienone is 1. The maximum absolute atomic E-state index is 3.93. The van der Waals surface area contributed by atoms with Gasteiger partial charge in [0.05, 0.1) is 0 Å². The van der Waals surface area contributed by atoms with Gasteiger partial charge in [-0.1, -0.05) is 38.8 Å². The molecular formula is C9H17. The molecule has 0 atom stereocenters. The molecule has 0 saturated carbocycles. The van der Waals surface area contributed by atoms with Crippen LogP contribution in [0.4, 0.5) is 0 Å². The third-order valence-electron chi connectivity index (χ3n) is 1.29. The Bertz CT molecular complexity index is 72.1. The van der Waals surface area contributed by atoms with Crippen LogP contribution in [-0.2, 0) is 0 Å². The normalized spacial score (nSPS) is 9.56. The molecule has 0 rings (SSSR count). The van der Waals surface area contributed by atoms with E-state index in [1.54, 1.807) is 0 Å². The molecule has 0 N–H and O–H groups in total. The van der Waals surface area contributed by atoms with Crippen LogP contribution in [0, 0.1) is 6.42 Å². The second-order valence-corrected chi connectivity index (χ2v) is 2.40. The highest BCUT2D eigenvalue weighted by molar-refractivity contribution is 5.06. The summed E-state index contributed by atoms with van der Waals surface area (Å²) in [6, 6.07) is 0. The van der Waals surface area contributed by atoms with E-state index >= 15 is 0 Å². The van der Waals surface area contributed by atoms with E-state index in [0.29, 0.717) is 0 Å². The van der Waals surface area contributed by atoms with Crippen LogP contribution < -0.4 is 0 Å². The zero-order valence-electron chi connectivity index (χ0n) is 6.61. The van der Waals surface area contributed by atoms with Crippen molar-refractivity contribution < 1.29 is 0 Å². The average Bonchev–Trinajstić information content (AvgIpc) is 1.85. The van der Waals surface area contributed by atoms with Crippen LogP contribution in [-0.4, -0.2) is 0 Å². The Morgan fingerprint density at radius 1 is 1.33 bits per heavy atom. The van der Waals surface area contributed by atoms with Crippen molar-refractivity contribution >= 4 is 0 Å². The maximum atomic E-state index is 3.93. The predicted molar refractivity (Wildman–Crippen MR) is 43.3 cm³/mol. The summed E-state index contributed by atoms with van der Waals surface area (Å²) in [5.74, 6) is 0. The monoisotopic (exact) mass is 125 g/mol. The fourth-order valence-electron chi connectivity index (χ4n) is 0.772. The van der Waals surface area contributed by atoms with Crippen LogP contribution in [0.25, 0.3) is 0 Å². The highest BCUT2D eigenvalue weighted by atomic mass is 14.0. The molecule has 0 spiro atoms. The molecule has 0 aromatic heterocycles. The lowest BCUT2D eigenvalue weighted by Crippen LogP contribution is -1.81. The molecule has 0 nitrogen and oxygen atoms in total. The number of hydrogen-bond donors (Lipinski definition) is 0. The largest absolute Gasteiger partial charge is 0.0996 e. The summed E-state index contributed by atoms with van der Waals surface area (Å²) in [7, 11) is 0. The Hall–Kier alpha value is -0.260. The summed E-state index contributed by atoms with van der Waals surface area (Å²) in [5, 5.41) is 0. The van der Waals surface area contributed by atoms with Crippen LogP contribution in [0.5, 0.6) is 0 Å². The SMILES string of the molecule is C=C([CH]CCC)CCC. The Morgan fingerprint density at radius 2 is 2.00 bits per heavy atom. The lowest BCUT2D eigenvalue weighted by molar-refractivity contribution is 0.851. The van der Waals surface area contributed by atoms with Crippen molar-refractivity contribution in [3.63, 3.8) is 0 Å². The minimum atomic E-state index is 1.17. The smallest absolute Gasteiger partial charge is 0.0140 e. The second-order valence-electron chi connectivity index (χ2n) is 2.40. The quantitative estimate of drug-likeness (QED) is 0.528. The Kier molecular flexibility index (Phi) is 5.70. The van der Waals surface area contributed by atoms with Gasteiger partial charge >= 0.3 is 0 Å². The molecule has 0 aromatic carbocycles. The first-order chi connectivity index (χ1) is 4.31. The van der Waals surface area contributed by atoms with Gasteiger partial charge in [-0.25, -0.2) is 0 Å². The van der Waals surface area contributed by atoms with E-state index in [9.17, 15) is 0 Å². The summed E-state index contributed by atoms with van der Waals surface area (Å²) >= 11 is 0. The van der Waals surface area contributed by atoms with Crippen LogP contribution in [0.3, 0.4) is 0 Å². The highest BCUT2D eigenvalue weighted by Crippen LogP contribution is 2.08. The molecule has 9 heavy (non-hydrogen) atoms. The Morgan fingerprint density at radius 3 is 2.44 bits per heavy atom. The van der Waals surface area contributed by atoms with Gasteiger partial charge in [-0.2, -0.15) is 0 Å². The lowest BCUT2D eigenvalue weighted by atomic mass is 10.1. The van der Waals surface area contributed by atoms with Gasteiger partial charge in [0.15, 0.2) is 0 Å². The maximum Gasteiger partial charge on any atom is -0.0140 e. The number of hydrogen-bond acceptors (Lipinski definition) is 0. The summed E-state index contributed by atoms with van der Waals surface area (Å²) in [4.78, 5) is 0. The first-order valence-corrected chi connectivity index (χ1v) is 3.82. The van der Waals surface area contributed by atoms with Gasteiger partial charge < -0.3 is 0 Å². The van der Waals surface area contributed by atoms with Crippen molar-refractivity contribution in [1.82, 2.24) is 0 Å². The van der Waals surface area contributed by atoms with Gasteiger partial charge in [-0.3, -0.25) is 0 Å². The molecule has 0 aliphatic heterocycles. The number of unbranched alkanes of at least 4 members (excludes halogenated alkanes) is 1. The van der Waals surface area contributed by atoms with Crippen molar-refractivity contribution in [3.05, 3.63) is 18.6 Å². The van der Waals surface area contributed by atoms with Gasteiger partial charge in [0.25, 0.3) is 0 Å². The lowest BCUT2D eigenvalue weighted by Gasteiger charge is -1.99. The molecule has 0 bridgehead atoms. The van der Waals surface area contributed by atoms with E-state index in [4.69, 9.17) is 0 Å². The van der Waals surface area contributed by atoms with Crippen molar-refractivity contribution in [2.45, 2.75) is 39.5 Å². The van der Waals surface area contributed by atoms with Crippen LogP contribution in [0.15, 0.2) is 12.2 Å². The first kappa shape index (κ1) is 8.74. The molecule has 0 amide bonds. The summed E-state index contributed by atoms with van der Waals surface area (Å²) in [6.45, 7) is 8.30. The van der Waals surface area contributed by atoms with Gasteiger partial charge in [-0.15, -0.1) is 0 Å². The summed E-state index contributed by atoms with van der Waals surface area (Å²) in [6.07, 6.45) is 7.06. The van der Waals surface area contributed by atoms with E-state index in [1.165, 1.54) is 31.3 Å². The van der Waals surface area contributed by atoms with E-state index < -0.39 is 0 Å². The van der Waals surface area contributed by atoms with E-state index in [2.05, 4.69) is 26.8 Å². The molecule has 0 aromatic rings. The molecule has 0 heterocycles. The third kappa shape index (κ3) is 5.61. The fraction of sp³-hybridized carbons (Fsp3) is 0.667. The molecule has 1 radical (unpaired) electrons. The minimum Gasteiger partial charge on any atom is -0.0996 e. The Labute approximate surface area is 59.0 Å². The highest BCUT2D eigenvalue weighted by Gasteiger charge is 1.90. The molecule has 53 valence electrons. The van der Waals surface area contributed by atoms with Gasteiger partial charge in [0.1, 0.15) is 0 Å². The summed E-state index contributed by atoms with van der Waals surface area (Å²) in [5.41, 5.74) is 1.30. The molecular weight excluding hydrogens is 108 g/mol. The van der Waals surface area contributed by atoms with Crippen molar-refractivity contribution in [2.75, 3.05) is 0 Å². The van der Waals surface area contributed by atoms with Crippen molar-refractivity contribution in [3.8, 4) is 0 Å². The second kappa shape index (κ2) is 5.87.